The number of nitrogen functional groups attached to an aromatic ring is 1. The molecule has 0 bridgehead atoms. The third-order valence-corrected chi connectivity index (χ3v) is 3.84. The molecular weight excluding hydrogens is 282 g/mol. The molecular formula is C16H21N3O3. The largest absolute Gasteiger partial charge is 0.493 e. The van der Waals surface area contributed by atoms with E-state index >= 15 is 0 Å². The third-order valence-electron chi connectivity index (χ3n) is 3.84. The van der Waals surface area contributed by atoms with Gasteiger partial charge in [0.15, 0.2) is 11.5 Å². The molecule has 2 heterocycles. The molecule has 1 aliphatic rings. The molecule has 3 rings (SSSR count). The minimum absolute atomic E-state index is 0.129. The Morgan fingerprint density at radius 1 is 1.32 bits per heavy atom. The van der Waals surface area contributed by atoms with Crippen molar-refractivity contribution in [1.82, 2.24) is 9.78 Å². The molecule has 0 saturated carbocycles. The first kappa shape index (κ1) is 14.7. The van der Waals surface area contributed by atoms with Crippen molar-refractivity contribution in [2.45, 2.75) is 18.9 Å². The van der Waals surface area contributed by atoms with Gasteiger partial charge < -0.3 is 19.9 Å². The predicted molar refractivity (Wildman–Crippen MR) is 84.1 cm³/mol. The van der Waals surface area contributed by atoms with Crippen LogP contribution in [0.3, 0.4) is 0 Å². The smallest absolute Gasteiger partial charge is 0.171 e. The number of hydrogen-bond donors (Lipinski definition) is 1. The molecule has 0 unspecified atom stereocenters. The number of hydrogen-bond acceptors (Lipinski definition) is 5. The van der Waals surface area contributed by atoms with Crippen molar-refractivity contribution in [3.8, 4) is 22.8 Å². The summed E-state index contributed by atoms with van der Waals surface area (Å²) in [6.45, 7) is 1.46. The van der Waals surface area contributed by atoms with Crippen LogP contribution in [0, 0.1) is 0 Å². The van der Waals surface area contributed by atoms with Crippen LogP contribution < -0.4 is 15.2 Å². The zero-order valence-electron chi connectivity index (χ0n) is 12.9. The van der Waals surface area contributed by atoms with Crippen molar-refractivity contribution in [3.05, 3.63) is 24.3 Å². The highest BCUT2D eigenvalue weighted by atomic mass is 16.5. The van der Waals surface area contributed by atoms with Crippen LogP contribution in [0.15, 0.2) is 24.3 Å². The van der Waals surface area contributed by atoms with Gasteiger partial charge in [-0.15, -0.1) is 0 Å². The summed E-state index contributed by atoms with van der Waals surface area (Å²) in [6.07, 6.45) is 1.88. The van der Waals surface area contributed by atoms with E-state index in [1.807, 2.05) is 31.3 Å². The van der Waals surface area contributed by atoms with Gasteiger partial charge in [-0.1, -0.05) is 6.07 Å². The van der Waals surface area contributed by atoms with E-state index in [9.17, 15) is 0 Å². The third kappa shape index (κ3) is 2.87. The van der Waals surface area contributed by atoms with Crippen molar-refractivity contribution in [2.75, 3.05) is 26.1 Å². The molecule has 0 spiro atoms. The minimum Gasteiger partial charge on any atom is -0.493 e. The van der Waals surface area contributed by atoms with Crippen LogP contribution in [-0.2, 0) is 11.8 Å². The highest BCUT2D eigenvalue weighted by Crippen LogP contribution is 2.39. The number of benzene rings is 1. The van der Waals surface area contributed by atoms with Gasteiger partial charge in [-0.2, -0.15) is 5.10 Å². The molecule has 0 atom stereocenters. The van der Waals surface area contributed by atoms with Gasteiger partial charge in [0.25, 0.3) is 0 Å². The van der Waals surface area contributed by atoms with Crippen LogP contribution in [0.2, 0.25) is 0 Å². The fraction of sp³-hybridized carbons (Fsp3) is 0.438. The summed E-state index contributed by atoms with van der Waals surface area (Å²) in [6, 6.07) is 7.63. The van der Waals surface area contributed by atoms with Gasteiger partial charge in [-0.3, -0.25) is 4.68 Å². The van der Waals surface area contributed by atoms with Crippen LogP contribution in [0.1, 0.15) is 12.8 Å². The first-order chi connectivity index (χ1) is 10.7. The van der Waals surface area contributed by atoms with Gasteiger partial charge in [-0.05, 0) is 12.1 Å². The topological polar surface area (TPSA) is 71.5 Å². The van der Waals surface area contributed by atoms with Crippen molar-refractivity contribution in [1.29, 1.82) is 0 Å². The molecule has 1 saturated heterocycles. The van der Waals surface area contributed by atoms with E-state index in [0.717, 1.165) is 43.1 Å². The van der Waals surface area contributed by atoms with E-state index in [0.29, 0.717) is 11.6 Å². The average molecular weight is 303 g/mol. The summed E-state index contributed by atoms with van der Waals surface area (Å²) in [7, 11) is 3.46. The lowest BCUT2D eigenvalue weighted by molar-refractivity contribution is 0.0248. The summed E-state index contributed by atoms with van der Waals surface area (Å²) >= 11 is 0. The molecule has 2 aromatic rings. The SMILES string of the molecule is COc1cccc(-c2cc(N)n(C)n2)c1OC1CCOCC1. The lowest BCUT2D eigenvalue weighted by atomic mass is 10.1. The molecule has 1 aromatic heterocycles. The van der Waals surface area contributed by atoms with Crippen LogP contribution in [0.4, 0.5) is 5.82 Å². The number of anilines is 1. The fourth-order valence-corrected chi connectivity index (χ4v) is 2.57. The quantitative estimate of drug-likeness (QED) is 0.938. The maximum absolute atomic E-state index is 6.22. The lowest BCUT2D eigenvalue weighted by Crippen LogP contribution is -2.26. The fourth-order valence-electron chi connectivity index (χ4n) is 2.57. The molecule has 2 N–H and O–H groups in total. The Hall–Kier alpha value is -2.21. The number of rotatable bonds is 4. The van der Waals surface area contributed by atoms with E-state index in [-0.39, 0.29) is 6.10 Å². The normalized spacial score (nSPS) is 15.7. The highest BCUT2D eigenvalue weighted by molar-refractivity contribution is 5.72. The molecule has 22 heavy (non-hydrogen) atoms. The molecule has 118 valence electrons. The lowest BCUT2D eigenvalue weighted by Gasteiger charge is -2.25. The first-order valence-electron chi connectivity index (χ1n) is 7.40. The second-order valence-electron chi connectivity index (χ2n) is 5.34. The van der Waals surface area contributed by atoms with E-state index in [1.54, 1.807) is 11.8 Å². The van der Waals surface area contributed by atoms with Crippen molar-refractivity contribution in [3.63, 3.8) is 0 Å². The van der Waals surface area contributed by atoms with Crippen molar-refractivity contribution in [2.24, 2.45) is 7.05 Å². The Kier molecular flexibility index (Phi) is 4.20. The van der Waals surface area contributed by atoms with Gasteiger partial charge in [0.2, 0.25) is 0 Å². The molecule has 0 aliphatic carbocycles. The average Bonchev–Trinajstić information content (AvgIpc) is 2.88. The number of ether oxygens (including phenoxy) is 3. The van der Waals surface area contributed by atoms with E-state index in [1.165, 1.54) is 0 Å². The van der Waals surface area contributed by atoms with Gasteiger partial charge in [0.1, 0.15) is 11.9 Å². The standard InChI is InChI=1S/C16H21N3O3/c1-19-15(17)10-13(18-19)12-4-3-5-14(20-2)16(12)22-11-6-8-21-9-7-11/h3-5,10-11H,6-9,17H2,1-2H3. The Balaban J connectivity index is 1.98. The Labute approximate surface area is 129 Å². The van der Waals surface area contributed by atoms with Crippen molar-refractivity contribution < 1.29 is 14.2 Å². The van der Waals surface area contributed by atoms with Crippen molar-refractivity contribution >= 4 is 5.82 Å². The maximum Gasteiger partial charge on any atom is 0.171 e. The summed E-state index contributed by atoms with van der Waals surface area (Å²) in [5.41, 5.74) is 7.56. The number of aromatic nitrogens is 2. The summed E-state index contributed by atoms with van der Waals surface area (Å²) in [4.78, 5) is 0. The van der Waals surface area contributed by atoms with E-state index in [4.69, 9.17) is 19.9 Å². The number of nitrogens with two attached hydrogens (primary N) is 1. The van der Waals surface area contributed by atoms with Crippen LogP contribution >= 0.6 is 0 Å². The van der Waals surface area contributed by atoms with Gasteiger partial charge in [0.05, 0.1) is 26.0 Å². The number of methoxy groups -OCH3 is 1. The number of aryl methyl sites for hydroxylation is 1. The van der Waals surface area contributed by atoms with Gasteiger partial charge in [0, 0.05) is 31.5 Å². The summed E-state index contributed by atoms with van der Waals surface area (Å²) in [5.74, 6) is 2.03. The van der Waals surface area contributed by atoms with E-state index in [2.05, 4.69) is 5.10 Å². The monoisotopic (exact) mass is 303 g/mol. The zero-order chi connectivity index (χ0) is 15.5. The minimum atomic E-state index is 0.129. The first-order valence-corrected chi connectivity index (χ1v) is 7.40. The summed E-state index contributed by atoms with van der Waals surface area (Å²) < 4.78 is 18.7. The Bertz CT molecular complexity index is 629. The maximum atomic E-state index is 6.22. The van der Waals surface area contributed by atoms with Gasteiger partial charge in [-0.25, -0.2) is 0 Å². The van der Waals surface area contributed by atoms with Crippen LogP contribution in [-0.4, -0.2) is 36.2 Å². The second kappa shape index (κ2) is 6.27. The second-order valence-corrected chi connectivity index (χ2v) is 5.34. The molecule has 1 aromatic carbocycles. The molecule has 1 fully saturated rings. The van der Waals surface area contributed by atoms with Crippen LogP contribution in [0.5, 0.6) is 11.5 Å². The highest BCUT2D eigenvalue weighted by Gasteiger charge is 2.21. The predicted octanol–water partition coefficient (Wildman–Crippen LogP) is 2.24. The molecule has 0 radical (unpaired) electrons. The summed E-state index contributed by atoms with van der Waals surface area (Å²) in [5, 5.41) is 4.44. The van der Waals surface area contributed by atoms with Gasteiger partial charge >= 0.3 is 0 Å². The number of para-hydroxylation sites is 1. The molecule has 6 heteroatoms. The number of nitrogens with zero attached hydrogens (tertiary/aromatic N) is 2. The van der Waals surface area contributed by atoms with Crippen LogP contribution in [0.25, 0.3) is 11.3 Å². The Morgan fingerprint density at radius 3 is 2.73 bits per heavy atom. The molecule has 1 aliphatic heterocycles. The molecule has 6 nitrogen and oxygen atoms in total. The molecule has 0 amide bonds. The zero-order valence-corrected chi connectivity index (χ0v) is 12.9. The Morgan fingerprint density at radius 2 is 2.09 bits per heavy atom. The van der Waals surface area contributed by atoms with E-state index < -0.39 is 0 Å².